The smallest absolute Gasteiger partial charge is 0.130 e. The number of hydrogen-bond acceptors (Lipinski definition) is 1. The summed E-state index contributed by atoms with van der Waals surface area (Å²) in [4.78, 5) is 0. The van der Waals surface area contributed by atoms with Crippen LogP contribution in [0.4, 0.5) is 4.39 Å². The topological polar surface area (TPSA) is 20.2 Å². The molecule has 0 aliphatic heterocycles. The lowest BCUT2D eigenvalue weighted by Crippen LogP contribution is -1.97. The van der Waals surface area contributed by atoms with Crippen LogP contribution in [0.2, 0.25) is 0 Å². The highest BCUT2D eigenvalue weighted by Gasteiger charge is 2.13. The third-order valence-electron chi connectivity index (χ3n) is 1.50. The van der Waals surface area contributed by atoms with Crippen molar-refractivity contribution in [3.63, 3.8) is 0 Å². The van der Waals surface area contributed by atoms with Crippen molar-refractivity contribution in [2.24, 2.45) is 0 Å². The molecule has 0 saturated heterocycles. The molecule has 1 atom stereocenters. The van der Waals surface area contributed by atoms with Crippen molar-refractivity contribution in [1.82, 2.24) is 0 Å². The zero-order chi connectivity index (χ0) is 9.30. The fraction of sp³-hybridized carbons (Fsp3) is 0.250. The number of benzene rings is 1. The van der Waals surface area contributed by atoms with Gasteiger partial charge in [0.2, 0.25) is 0 Å². The minimum Gasteiger partial charge on any atom is -0.389 e. The van der Waals surface area contributed by atoms with Crippen molar-refractivity contribution in [3.8, 4) is 0 Å². The quantitative estimate of drug-likeness (QED) is 0.788. The van der Waals surface area contributed by atoms with Gasteiger partial charge in [0, 0.05) is 14.5 Å². The highest BCUT2D eigenvalue weighted by atomic mass is 79.9. The highest BCUT2D eigenvalue weighted by Crippen LogP contribution is 2.32. The molecule has 1 unspecified atom stereocenters. The Morgan fingerprint density at radius 3 is 2.42 bits per heavy atom. The standard InChI is InChI=1S/C8H7Br2FO/c1-4(12)7-6(11)3-2-5(9)8(7)10/h2-4,12H,1H3. The van der Waals surface area contributed by atoms with Crippen LogP contribution < -0.4 is 0 Å². The monoisotopic (exact) mass is 296 g/mol. The summed E-state index contributed by atoms with van der Waals surface area (Å²) in [6.07, 6.45) is -0.808. The van der Waals surface area contributed by atoms with Crippen molar-refractivity contribution in [3.05, 3.63) is 32.5 Å². The first kappa shape index (κ1) is 10.2. The molecule has 1 rings (SSSR count). The number of aliphatic hydroxyl groups is 1. The summed E-state index contributed by atoms with van der Waals surface area (Å²) in [5.74, 6) is -0.403. The van der Waals surface area contributed by atoms with Gasteiger partial charge in [0.1, 0.15) is 5.82 Å². The summed E-state index contributed by atoms with van der Waals surface area (Å²) in [5.41, 5.74) is 0.282. The van der Waals surface area contributed by atoms with Gasteiger partial charge in [0.05, 0.1) is 6.10 Å². The van der Waals surface area contributed by atoms with Gasteiger partial charge in [-0.05, 0) is 50.9 Å². The first-order valence-electron chi connectivity index (χ1n) is 3.35. The fourth-order valence-corrected chi connectivity index (χ4v) is 1.92. The molecule has 1 aromatic carbocycles. The zero-order valence-electron chi connectivity index (χ0n) is 6.31. The average Bonchev–Trinajstić information content (AvgIpc) is 1.97. The molecule has 0 fully saturated rings. The molecule has 0 amide bonds. The molecule has 0 aliphatic carbocycles. The van der Waals surface area contributed by atoms with E-state index in [1.807, 2.05) is 0 Å². The number of halogens is 3. The van der Waals surface area contributed by atoms with E-state index in [1.54, 1.807) is 6.07 Å². The zero-order valence-corrected chi connectivity index (χ0v) is 9.49. The maximum Gasteiger partial charge on any atom is 0.130 e. The summed E-state index contributed by atoms with van der Waals surface area (Å²) < 4.78 is 14.4. The van der Waals surface area contributed by atoms with Crippen molar-refractivity contribution in [2.45, 2.75) is 13.0 Å². The Morgan fingerprint density at radius 1 is 1.42 bits per heavy atom. The van der Waals surface area contributed by atoms with Crippen LogP contribution in [0.25, 0.3) is 0 Å². The van der Waals surface area contributed by atoms with Crippen molar-refractivity contribution < 1.29 is 9.50 Å². The number of rotatable bonds is 1. The minimum atomic E-state index is -0.808. The summed E-state index contributed by atoms with van der Waals surface area (Å²) in [6, 6.07) is 2.90. The molecule has 0 aliphatic rings. The van der Waals surface area contributed by atoms with Gasteiger partial charge >= 0.3 is 0 Å². The molecule has 1 aromatic rings. The highest BCUT2D eigenvalue weighted by molar-refractivity contribution is 9.13. The molecule has 0 radical (unpaired) electrons. The van der Waals surface area contributed by atoms with Gasteiger partial charge < -0.3 is 5.11 Å². The molecule has 12 heavy (non-hydrogen) atoms. The maximum atomic E-state index is 13.1. The van der Waals surface area contributed by atoms with E-state index in [4.69, 9.17) is 0 Å². The lowest BCUT2D eigenvalue weighted by Gasteiger charge is -2.09. The van der Waals surface area contributed by atoms with E-state index < -0.39 is 11.9 Å². The maximum absolute atomic E-state index is 13.1. The molecule has 66 valence electrons. The summed E-state index contributed by atoms with van der Waals surface area (Å²) in [7, 11) is 0. The van der Waals surface area contributed by atoms with Crippen LogP contribution in [-0.2, 0) is 0 Å². The van der Waals surface area contributed by atoms with Gasteiger partial charge in [0.25, 0.3) is 0 Å². The lowest BCUT2D eigenvalue weighted by molar-refractivity contribution is 0.193. The first-order chi connectivity index (χ1) is 5.54. The number of aliphatic hydroxyl groups excluding tert-OH is 1. The third kappa shape index (κ3) is 1.87. The van der Waals surface area contributed by atoms with E-state index in [0.29, 0.717) is 4.47 Å². The first-order valence-corrected chi connectivity index (χ1v) is 4.94. The van der Waals surface area contributed by atoms with E-state index in [0.717, 1.165) is 4.47 Å². The second kappa shape index (κ2) is 3.85. The van der Waals surface area contributed by atoms with Crippen molar-refractivity contribution in [2.75, 3.05) is 0 Å². The third-order valence-corrected chi connectivity index (χ3v) is 3.54. The molecular weight excluding hydrogens is 291 g/mol. The average molecular weight is 298 g/mol. The van der Waals surface area contributed by atoms with Crippen LogP contribution in [0.1, 0.15) is 18.6 Å². The van der Waals surface area contributed by atoms with E-state index in [1.165, 1.54) is 13.0 Å². The van der Waals surface area contributed by atoms with Gasteiger partial charge in [-0.2, -0.15) is 0 Å². The molecule has 0 bridgehead atoms. The Hall–Kier alpha value is 0.0700. The molecule has 0 heterocycles. The molecule has 0 aromatic heterocycles. The fourth-order valence-electron chi connectivity index (χ4n) is 0.926. The normalized spacial score (nSPS) is 13.1. The van der Waals surface area contributed by atoms with Gasteiger partial charge in [-0.3, -0.25) is 0 Å². The summed E-state index contributed by atoms with van der Waals surface area (Å²) in [5, 5.41) is 9.22. The summed E-state index contributed by atoms with van der Waals surface area (Å²) >= 11 is 6.41. The molecular formula is C8H7Br2FO. The van der Waals surface area contributed by atoms with Gasteiger partial charge in [-0.25, -0.2) is 4.39 Å². The van der Waals surface area contributed by atoms with Gasteiger partial charge in [0.15, 0.2) is 0 Å². The number of hydrogen-bond donors (Lipinski definition) is 1. The molecule has 0 spiro atoms. The van der Waals surface area contributed by atoms with Gasteiger partial charge in [-0.15, -0.1) is 0 Å². The largest absolute Gasteiger partial charge is 0.389 e. The van der Waals surface area contributed by atoms with E-state index in [-0.39, 0.29) is 5.56 Å². The van der Waals surface area contributed by atoms with Crippen molar-refractivity contribution in [1.29, 1.82) is 0 Å². The van der Waals surface area contributed by atoms with Crippen LogP contribution in [0, 0.1) is 5.82 Å². The van der Waals surface area contributed by atoms with Crippen LogP contribution in [-0.4, -0.2) is 5.11 Å². The Morgan fingerprint density at radius 2 is 2.00 bits per heavy atom. The Balaban J connectivity index is 3.33. The Labute approximate surface area is 86.9 Å². The SMILES string of the molecule is CC(O)c1c(F)ccc(Br)c1Br. The van der Waals surface area contributed by atoms with Crippen molar-refractivity contribution >= 4 is 31.9 Å². The molecule has 0 saturated carbocycles. The molecule has 1 N–H and O–H groups in total. The van der Waals surface area contributed by atoms with Crippen LogP contribution in [0.3, 0.4) is 0 Å². The lowest BCUT2D eigenvalue weighted by atomic mass is 10.1. The van der Waals surface area contributed by atoms with Gasteiger partial charge in [-0.1, -0.05) is 0 Å². The summed E-state index contributed by atoms with van der Waals surface area (Å²) in [6.45, 7) is 1.52. The predicted octanol–water partition coefficient (Wildman–Crippen LogP) is 3.40. The van der Waals surface area contributed by atoms with E-state index >= 15 is 0 Å². The predicted molar refractivity (Wildman–Crippen MR) is 52.4 cm³/mol. The second-order valence-electron chi connectivity index (χ2n) is 2.43. The Kier molecular flexibility index (Phi) is 3.26. The van der Waals surface area contributed by atoms with Crippen LogP contribution >= 0.6 is 31.9 Å². The molecule has 1 nitrogen and oxygen atoms in total. The minimum absolute atomic E-state index is 0.282. The van der Waals surface area contributed by atoms with E-state index in [2.05, 4.69) is 31.9 Å². The second-order valence-corrected chi connectivity index (χ2v) is 4.08. The Bertz CT molecular complexity index is 299. The van der Waals surface area contributed by atoms with Crippen LogP contribution in [0.5, 0.6) is 0 Å². The van der Waals surface area contributed by atoms with E-state index in [9.17, 15) is 9.50 Å². The molecule has 4 heteroatoms. The van der Waals surface area contributed by atoms with Crippen LogP contribution in [0.15, 0.2) is 21.1 Å².